The molecule has 0 spiro atoms. The Morgan fingerprint density at radius 2 is 1.38 bits per heavy atom. The van der Waals surface area contributed by atoms with E-state index in [4.69, 9.17) is 80.3 Å². The van der Waals surface area contributed by atoms with Crippen LogP contribution in [-0.4, -0.2) is 132 Å². The van der Waals surface area contributed by atoms with Crippen molar-refractivity contribution in [2.45, 2.75) is 189 Å². The molecular formula is C63H89CoN14O14P. The van der Waals surface area contributed by atoms with Crippen molar-refractivity contribution in [2.75, 3.05) is 13.2 Å². The maximum Gasteiger partial charge on any atom is 2.00 e. The number of benzene rings is 1. The van der Waals surface area contributed by atoms with Gasteiger partial charge in [-0.05, 0) is 118 Å². The van der Waals surface area contributed by atoms with E-state index in [-0.39, 0.29) is 94.0 Å². The number of aryl methyl sites for hydroxylation is 2. The Balaban J connectivity index is 0.00000453. The average molecular weight is 1360 g/mol. The molecule has 1 aromatic carbocycles. The molecule has 28 nitrogen and oxygen atoms in total. The summed E-state index contributed by atoms with van der Waals surface area (Å²) in [6.07, 6.45) is -4.47. The van der Waals surface area contributed by atoms with E-state index in [9.17, 15) is 53.2 Å². The van der Waals surface area contributed by atoms with Crippen LogP contribution >= 0.6 is 7.82 Å². The van der Waals surface area contributed by atoms with E-state index in [0.717, 1.165) is 11.1 Å². The number of primary amides is 6. The molecule has 8 bridgehead atoms. The molecule has 30 heteroatoms. The van der Waals surface area contributed by atoms with Gasteiger partial charge < -0.3 is 81.3 Å². The molecular weight excluding hydrogens is 1270 g/mol. The van der Waals surface area contributed by atoms with E-state index >= 15 is 0 Å². The summed E-state index contributed by atoms with van der Waals surface area (Å²) < 4.78 is 32.3. The molecule has 1 unspecified atom stereocenters. The van der Waals surface area contributed by atoms with Crippen LogP contribution in [0.4, 0.5) is 0 Å². The number of allylic oxidation sites excluding steroid dienone is 6. The third-order valence-electron chi connectivity index (χ3n) is 20.5. The van der Waals surface area contributed by atoms with Crippen molar-refractivity contribution in [2.24, 2.45) is 94.7 Å². The first-order chi connectivity index (χ1) is 42.8. The topological polar surface area (TPSA) is 486 Å². The molecule has 93 heavy (non-hydrogen) atoms. The average Bonchev–Trinajstić information content (AvgIpc) is 1.53. The number of imidazole rings is 1. The van der Waals surface area contributed by atoms with Gasteiger partial charge in [0.05, 0.1) is 30.1 Å². The number of carbonyl (C=O) groups is 7. The fourth-order valence-corrected chi connectivity index (χ4v) is 16.5. The molecule has 2 saturated heterocycles. The van der Waals surface area contributed by atoms with Crippen LogP contribution < -0.4 is 39.7 Å². The zero-order valence-electron chi connectivity index (χ0n) is 54.5. The number of hydrogen-bond acceptors (Lipinski definition) is 18. The summed E-state index contributed by atoms with van der Waals surface area (Å²) in [5.74, 6) is -7.34. The second kappa shape index (κ2) is 28.5. The van der Waals surface area contributed by atoms with Gasteiger partial charge in [0, 0.05) is 114 Å². The van der Waals surface area contributed by atoms with Gasteiger partial charge in [-0.25, -0.2) is 9.55 Å². The van der Waals surface area contributed by atoms with E-state index in [1.165, 1.54) is 13.3 Å². The molecule has 0 aliphatic carbocycles. The molecule has 2 fully saturated rings. The van der Waals surface area contributed by atoms with Gasteiger partial charge in [0.15, 0.2) is 6.23 Å². The van der Waals surface area contributed by atoms with Crippen molar-refractivity contribution in [3.05, 3.63) is 75.8 Å². The molecule has 7 heterocycles. The first-order valence-corrected chi connectivity index (χ1v) is 32.2. The molecule has 7 amide bonds. The van der Waals surface area contributed by atoms with E-state index in [1.807, 2.05) is 80.5 Å². The molecule has 2 aromatic rings. The van der Waals surface area contributed by atoms with Crippen molar-refractivity contribution in [3.63, 3.8) is 0 Å². The van der Waals surface area contributed by atoms with Crippen molar-refractivity contribution in [1.82, 2.24) is 14.9 Å². The number of fused-ring (bicyclic) bond motifs is 7. The maximum atomic E-state index is 14.4. The number of rotatable bonds is 26. The summed E-state index contributed by atoms with van der Waals surface area (Å²) in [6.45, 7) is 23.9. The van der Waals surface area contributed by atoms with Crippen LogP contribution in [0.3, 0.4) is 0 Å². The molecule has 1 aromatic heterocycles. The van der Waals surface area contributed by atoms with Crippen LogP contribution in [0.1, 0.15) is 150 Å². The minimum atomic E-state index is -5.07. The number of phosphoric acid groups is 1. The van der Waals surface area contributed by atoms with Gasteiger partial charge in [0.1, 0.15) is 18.3 Å². The number of aromatic nitrogens is 2. The number of carbonyl (C=O) groups excluding carboxylic acids is 7. The first-order valence-electron chi connectivity index (χ1n) is 30.7. The predicted molar refractivity (Wildman–Crippen MR) is 339 cm³/mol. The fraction of sp³-hybridized carbons (Fsp3) is 0.619. The molecule has 0 saturated carbocycles. The quantitative estimate of drug-likeness (QED) is 0.0469. The number of aliphatic imine (C=N–C) groups is 3. The number of aliphatic hydroxyl groups is 2. The molecule has 1 radical (unpaired) electrons. The largest absolute Gasteiger partial charge is 2.00 e. The number of hydrogen-bond donors (Lipinski definition) is 10. The second-order valence-corrected chi connectivity index (χ2v) is 28.4. The van der Waals surface area contributed by atoms with Gasteiger partial charge in [-0.2, -0.15) is 5.70 Å². The minimum Gasteiger partial charge on any atom is -0.680 e. The van der Waals surface area contributed by atoms with E-state index in [1.54, 1.807) is 11.5 Å². The number of nitrogens with two attached hydrogens (primary N) is 6. The summed E-state index contributed by atoms with van der Waals surface area (Å²) in [6, 6.07) is 2.68. The van der Waals surface area contributed by atoms with Crippen molar-refractivity contribution in [1.29, 1.82) is 5.26 Å². The number of nitrogens with one attached hydrogen (secondary N) is 1. The molecule has 8 rings (SSSR count). The number of nitrogens with zero attached hydrogens (tertiary/aromatic N) is 7. The SMILES string of the molecule is CC1=C2N=C(C=C3N=C(C(C)=C4[N-][C@@](C)([C@@H]5N=C1[C@](C)(CCC(=O)NC[C@@H](C)OP(=O)(O)O[C@H]1[C@@H](O)[C@@H](n6cnc7cc(C)c(C)cc76)O[C@@H]1CO)[C@H]5CC(N)=O)[C@@](C)(CC(N)=O)[C@@H]4CCC(N)=O)[C@@](C)(CC(N)=O)[C@@H]3CCC(N)=O)C(C)(C)[C@@H]2CCC(N)=O.[C-]#N.[Co+2]. The van der Waals surface area contributed by atoms with Crippen molar-refractivity contribution >= 4 is 77.3 Å². The van der Waals surface area contributed by atoms with E-state index < -0.39 is 143 Å². The zero-order valence-corrected chi connectivity index (χ0v) is 56.4. The smallest absolute Gasteiger partial charge is 0.680 e. The normalized spacial score (nSPS) is 31.0. The van der Waals surface area contributed by atoms with Crippen molar-refractivity contribution in [3.8, 4) is 0 Å². The third-order valence-corrected chi connectivity index (χ3v) is 21.6. The predicted octanol–water partition coefficient (Wildman–Crippen LogP) is 4.04. The molecule has 6 aliphatic heterocycles. The Morgan fingerprint density at radius 1 is 0.796 bits per heavy atom. The first kappa shape index (κ1) is 75.0. The van der Waals surface area contributed by atoms with Gasteiger partial charge in [0.25, 0.3) is 0 Å². The Morgan fingerprint density at radius 3 is 1.95 bits per heavy atom. The van der Waals surface area contributed by atoms with Gasteiger partial charge >= 0.3 is 24.6 Å². The Bertz CT molecular complexity index is 3600. The van der Waals surface area contributed by atoms with Gasteiger partial charge in [-0.1, -0.05) is 47.1 Å². The molecule has 509 valence electrons. The van der Waals surface area contributed by atoms with Gasteiger partial charge in [-0.3, -0.25) is 57.6 Å². The van der Waals surface area contributed by atoms with E-state index in [0.29, 0.717) is 56.4 Å². The van der Waals surface area contributed by atoms with Crippen LogP contribution in [0.5, 0.6) is 0 Å². The fourth-order valence-electron chi connectivity index (χ4n) is 15.3. The summed E-state index contributed by atoms with van der Waals surface area (Å²) in [4.78, 5) is 125. The molecule has 16 N–H and O–H groups in total. The summed E-state index contributed by atoms with van der Waals surface area (Å²) in [5.41, 5.74) is 36.8. The minimum absolute atomic E-state index is 0. The monoisotopic (exact) mass is 1360 g/mol. The van der Waals surface area contributed by atoms with Crippen LogP contribution in [0, 0.1) is 71.0 Å². The standard InChI is InChI=1S/C62H90N13O14P.CN.Co/c1-29-20-39-40(21-30(29)2)75(28-70-39)57-52(84)53(41(27-76)87-57)89-90(85,86)88-31(3)26-69-49(83)18-19-59(8)37(22-46(66)80)56-62(11)61(10,25-48(68)82)36(14-17-45(65)79)51(74-62)33(5)55-60(9,24-47(67)81)34(12-15-43(63)77)38(71-55)23-42-58(6,7)35(13-16-44(64)78)50(72-42)32(4)54(59)73-56;1-2;/h20-21,23,28,31,34-37,41,52-53,56-57,76,84H,12-19,22,24-27H2,1-11H3,(H15,63,64,65,66,67,68,69,71,72,73,74,77,78,79,80,81,82,83,85,86);;/q;-1;+2/p-1/t31-,34-,35-,36-,37+,41-,52-,53-,56-,57+,59-,60+,61+,62+;;/m1../s1. The summed E-state index contributed by atoms with van der Waals surface area (Å²) >= 11 is 0. The third kappa shape index (κ3) is 14.6. The van der Waals surface area contributed by atoms with Crippen LogP contribution in [0.25, 0.3) is 16.4 Å². The number of ether oxygens (including phenoxy) is 1. The summed E-state index contributed by atoms with van der Waals surface area (Å²) in [7, 11) is -5.07. The van der Waals surface area contributed by atoms with Gasteiger partial charge in [0.2, 0.25) is 41.4 Å². The Labute approximate surface area is 551 Å². The van der Waals surface area contributed by atoms with Gasteiger partial charge in [-0.15, -0.1) is 0 Å². The van der Waals surface area contributed by atoms with Crippen LogP contribution in [-0.2, 0) is 68.7 Å². The number of amides is 7. The van der Waals surface area contributed by atoms with Crippen LogP contribution in [0.15, 0.2) is 67.8 Å². The van der Waals surface area contributed by atoms with E-state index in [2.05, 4.69) is 10.3 Å². The zero-order chi connectivity index (χ0) is 68.7. The maximum absolute atomic E-state index is 14.4. The second-order valence-electron chi connectivity index (χ2n) is 27.0. The summed E-state index contributed by atoms with van der Waals surface area (Å²) in [5, 5.41) is 36.5. The number of aliphatic hydroxyl groups excluding tert-OH is 2. The molecule has 15 atom stereocenters. The van der Waals surface area contributed by atoms with Crippen molar-refractivity contribution < 1.29 is 83.8 Å². The Kier molecular flexibility index (Phi) is 23.0. The van der Waals surface area contributed by atoms with Crippen LogP contribution in [0.2, 0.25) is 0 Å². The molecule has 6 aliphatic rings. The Hall–Kier alpha value is -7.00. The number of phosphoric ester groups is 1.